The Balaban J connectivity index is 1.36. The monoisotopic (exact) mass is 449 g/mol. The normalized spacial score (nSPS) is 20.2. The molecule has 1 atom stereocenters. The Labute approximate surface area is 193 Å². The molecule has 1 aromatic carbocycles. The summed E-state index contributed by atoms with van der Waals surface area (Å²) in [6, 6.07) is 8.04. The second kappa shape index (κ2) is 8.02. The third kappa shape index (κ3) is 4.15. The second-order valence-corrected chi connectivity index (χ2v) is 10.2. The smallest absolute Gasteiger partial charge is 0.249 e. The lowest BCUT2D eigenvalue weighted by Gasteiger charge is -2.31. The molecule has 0 radical (unpaired) electrons. The Hall–Kier alpha value is -3.13. The van der Waals surface area contributed by atoms with E-state index in [0.29, 0.717) is 12.0 Å². The maximum Gasteiger partial charge on any atom is 0.249 e. The van der Waals surface area contributed by atoms with Crippen molar-refractivity contribution < 1.29 is 14.3 Å². The number of carbonyl (C=O) groups is 2. The van der Waals surface area contributed by atoms with Crippen LogP contribution in [0, 0.1) is 5.41 Å². The van der Waals surface area contributed by atoms with Crippen LogP contribution in [0.2, 0.25) is 0 Å². The van der Waals surface area contributed by atoms with E-state index in [-0.39, 0.29) is 31.1 Å². The van der Waals surface area contributed by atoms with Gasteiger partial charge in [-0.25, -0.2) is 0 Å². The molecule has 8 nitrogen and oxygen atoms in total. The van der Waals surface area contributed by atoms with Crippen LogP contribution in [0.3, 0.4) is 0 Å². The molecule has 0 spiro atoms. The van der Waals surface area contributed by atoms with Gasteiger partial charge in [0.25, 0.3) is 0 Å². The second-order valence-electron chi connectivity index (χ2n) is 10.2. The number of aromatic amines is 2. The SMILES string of the molecule is C[C@H]1CN(CC(=O)N(C)c2ccc3cc(-c4n[nH]c5c4CCC(C)(C)C5)[nH]c3c2)C(=O)CO1. The van der Waals surface area contributed by atoms with Gasteiger partial charge in [0.15, 0.2) is 0 Å². The third-order valence-corrected chi connectivity index (χ3v) is 6.93. The molecule has 8 heteroatoms. The molecule has 0 unspecified atom stereocenters. The number of fused-ring (bicyclic) bond motifs is 2. The average molecular weight is 450 g/mol. The first-order valence-electron chi connectivity index (χ1n) is 11.6. The standard InChI is InChI=1S/C25H31N5O3/c1-15-12-30(23(32)14-33-15)13-22(31)29(4)17-6-5-16-9-20(26-19(16)10-17)24-18-7-8-25(2,3)11-21(18)27-28-24/h5-6,9-10,15,26H,7-8,11-14H2,1-4H3,(H,27,28)/t15-/m0/s1. The molecule has 1 aliphatic heterocycles. The zero-order valence-electron chi connectivity index (χ0n) is 19.7. The number of amides is 2. The molecule has 5 rings (SSSR count). The highest BCUT2D eigenvalue weighted by atomic mass is 16.5. The van der Waals surface area contributed by atoms with E-state index in [4.69, 9.17) is 4.74 Å². The number of morpholine rings is 1. The van der Waals surface area contributed by atoms with Crippen LogP contribution in [0.25, 0.3) is 22.3 Å². The minimum atomic E-state index is -0.148. The number of anilines is 1. The molecular weight excluding hydrogens is 418 g/mol. The predicted octanol–water partition coefficient (Wildman–Crippen LogP) is 3.28. The molecule has 3 heterocycles. The molecule has 3 aromatic rings. The van der Waals surface area contributed by atoms with Gasteiger partial charge >= 0.3 is 0 Å². The van der Waals surface area contributed by atoms with E-state index in [2.05, 4.69) is 35.1 Å². The molecule has 2 aromatic heterocycles. The van der Waals surface area contributed by atoms with Crippen LogP contribution >= 0.6 is 0 Å². The third-order valence-electron chi connectivity index (χ3n) is 6.93. The lowest BCUT2D eigenvalue weighted by Crippen LogP contribution is -2.49. The summed E-state index contributed by atoms with van der Waals surface area (Å²) < 4.78 is 5.35. The summed E-state index contributed by atoms with van der Waals surface area (Å²) in [7, 11) is 1.74. The van der Waals surface area contributed by atoms with Gasteiger partial charge in [-0.1, -0.05) is 19.9 Å². The summed E-state index contributed by atoms with van der Waals surface area (Å²) in [5.74, 6) is -0.280. The van der Waals surface area contributed by atoms with E-state index in [1.165, 1.54) is 11.3 Å². The van der Waals surface area contributed by atoms with Crippen molar-refractivity contribution in [3.63, 3.8) is 0 Å². The lowest BCUT2D eigenvalue weighted by atomic mass is 9.76. The van der Waals surface area contributed by atoms with E-state index >= 15 is 0 Å². The maximum absolute atomic E-state index is 12.9. The van der Waals surface area contributed by atoms with E-state index in [9.17, 15) is 9.59 Å². The number of aromatic nitrogens is 3. The largest absolute Gasteiger partial charge is 0.367 e. The summed E-state index contributed by atoms with van der Waals surface area (Å²) >= 11 is 0. The first kappa shape index (κ1) is 21.7. The number of nitrogens with zero attached hydrogens (tertiary/aromatic N) is 3. The zero-order chi connectivity index (χ0) is 23.3. The molecule has 0 saturated carbocycles. The van der Waals surface area contributed by atoms with Gasteiger partial charge < -0.3 is 19.5 Å². The number of nitrogens with one attached hydrogen (secondary N) is 2. The first-order valence-corrected chi connectivity index (χ1v) is 11.6. The quantitative estimate of drug-likeness (QED) is 0.639. The lowest BCUT2D eigenvalue weighted by molar-refractivity contribution is -0.150. The minimum absolute atomic E-state index is 0.0315. The number of carbonyl (C=O) groups excluding carboxylic acids is 2. The van der Waals surface area contributed by atoms with E-state index < -0.39 is 0 Å². The molecule has 33 heavy (non-hydrogen) atoms. The summed E-state index contributed by atoms with van der Waals surface area (Å²) in [4.78, 5) is 31.6. The first-order chi connectivity index (χ1) is 15.7. The van der Waals surface area contributed by atoms with Gasteiger partial charge in [-0.05, 0) is 49.8 Å². The van der Waals surface area contributed by atoms with Gasteiger partial charge in [0.05, 0.1) is 11.8 Å². The van der Waals surface area contributed by atoms with Crippen LogP contribution in [-0.2, 0) is 27.2 Å². The van der Waals surface area contributed by atoms with Crippen LogP contribution in [0.5, 0.6) is 0 Å². The molecule has 0 bridgehead atoms. The van der Waals surface area contributed by atoms with E-state index in [1.54, 1.807) is 16.8 Å². The van der Waals surface area contributed by atoms with Gasteiger partial charge in [-0.2, -0.15) is 5.10 Å². The topological polar surface area (TPSA) is 94.3 Å². The van der Waals surface area contributed by atoms with Gasteiger partial charge in [0.2, 0.25) is 11.8 Å². The molecule has 1 aliphatic carbocycles. The highest BCUT2D eigenvalue weighted by Gasteiger charge is 2.30. The van der Waals surface area contributed by atoms with Gasteiger partial charge in [0, 0.05) is 41.4 Å². The van der Waals surface area contributed by atoms with Crippen molar-refractivity contribution in [2.24, 2.45) is 5.41 Å². The van der Waals surface area contributed by atoms with Gasteiger partial charge in [-0.3, -0.25) is 14.7 Å². The summed E-state index contributed by atoms with van der Waals surface area (Å²) in [5.41, 5.74) is 6.54. The number of likely N-dealkylation sites (N-methyl/N-ethyl adjacent to an activating group) is 1. The number of rotatable bonds is 4. The Morgan fingerprint density at radius 3 is 2.97 bits per heavy atom. The fourth-order valence-electron chi connectivity index (χ4n) is 4.86. The Morgan fingerprint density at radius 2 is 2.15 bits per heavy atom. The molecule has 174 valence electrons. The average Bonchev–Trinajstić information content (AvgIpc) is 3.37. The number of ether oxygens (including phenoxy) is 1. The number of benzene rings is 1. The van der Waals surface area contributed by atoms with Crippen molar-refractivity contribution >= 4 is 28.4 Å². The van der Waals surface area contributed by atoms with E-state index in [0.717, 1.165) is 47.2 Å². The molecule has 2 aliphatic rings. The highest BCUT2D eigenvalue weighted by Crippen LogP contribution is 2.38. The van der Waals surface area contributed by atoms with Gasteiger partial charge in [-0.15, -0.1) is 0 Å². The molecule has 1 fully saturated rings. The molecule has 1 saturated heterocycles. The number of hydrogen-bond acceptors (Lipinski definition) is 4. The van der Waals surface area contributed by atoms with Gasteiger partial charge in [0.1, 0.15) is 18.8 Å². The molecular formula is C25H31N5O3. The molecule has 2 N–H and O–H groups in total. The Morgan fingerprint density at radius 1 is 1.33 bits per heavy atom. The van der Waals surface area contributed by atoms with Crippen molar-refractivity contribution in [1.82, 2.24) is 20.1 Å². The summed E-state index contributed by atoms with van der Waals surface area (Å²) in [5, 5.41) is 8.94. The number of H-pyrrole nitrogens is 2. The van der Waals surface area contributed by atoms with Crippen molar-refractivity contribution in [2.45, 2.75) is 46.1 Å². The van der Waals surface area contributed by atoms with Crippen LogP contribution in [0.4, 0.5) is 5.69 Å². The predicted molar refractivity (Wildman–Crippen MR) is 127 cm³/mol. The molecule has 2 amide bonds. The Bertz CT molecular complexity index is 1220. The van der Waals surface area contributed by atoms with Crippen LogP contribution in [0.15, 0.2) is 24.3 Å². The highest BCUT2D eigenvalue weighted by molar-refractivity contribution is 5.98. The minimum Gasteiger partial charge on any atom is -0.367 e. The maximum atomic E-state index is 12.9. The van der Waals surface area contributed by atoms with E-state index in [1.807, 2.05) is 25.1 Å². The van der Waals surface area contributed by atoms with Crippen molar-refractivity contribution in [3.8, 4) is 11.4 Å². The van der Waals surface area contributed by atoms with Crippen LogP contribution in [0.1, 0.15) is 38.4 Å². The Kier molecular flexibility index (Phi) is 5.28. The van der Waals surface area contributed by atoms with Crippen LogP contribution in [-0.4, -0.2) is 64.7 Å². The van der Waals surface area contributed by atoms with Crippen molar-refractivity contribution in [3.05, 3.63) is 35.5 Å². The fourth-order valence-corrected chi connectivity index (χ4v) is 4.86. The zero-order valence-corrected chi connectivity index (χ0v) is 19.7. The summed E-state index contributed by atoms with van der Waals surface area (Å²) in [6.07, 6.45) is 3.12. The number of hydrogen-bond donors (Lipinski definition) is 2. The van der Waals surface area contributed by atoms with Crippen molar-refractivity contribution in [1.29, 1.82) is 0 Å². The summed E-state index contributed by atoms with van der Waals surface area (Å²) in [6.45, 7) is 7.02. The van der Waals surface area contributed by atoms with Crippen molar-refractivity contribution in [2.75, 3.05) is 31.6 Å². The van der Waals surface area contributed by atoms with Crippen LogP contribution < -0.4 is 4.90 Å². The fraction of sp³-hybridized carbons (Fsp3) is 0.480.